The number of anilines is 1. The smallest absolute Gasteiger partial charge is 0.0561 e. The van der Waals surface area contributed by atoms with E-state index in [0.29, 0.717) is 12.6 Å². The van der Waals surface area contributed by atoms with Crippen molar-refractivity contribution < 1.29 is 9.84 Å². The third kappa shape index (κ3) is 2.57. The summed E-state index contributed by atoms with van der Waals surface area (Å²) in [5.74, 6) is 0. The van der Waals surface area contributed by atoms with Crippen molar-refractivity contribution in [3.63, 3.8) is 0 Å². The Morgan fingerprint density at radius 1 is 1.40 bits per heavy atom. The number of ether oxygens (including phenoxy) is 1. The minimum absolute atomic E-state index is 0.0863. The van der Waals surface area contributed by atoms with Crippen LogP contribution in [0.2, 0.25) is 0 Å². The summed E-state index contributed by atoms with van der Waals surface area (Å²) in [5.41, 5.74) is 2.71. The Morgan fingerprint density at radius 3 is 3.00 bits per heavy atom. The topological polar surface area (TPSA) is 32.7 Å². The van der Waals surface area contributed by atoms with Gasteiger partial charge in [-0.05, 0) is 44.2 Å². The highest BCUT2D eigenvalue weighted by molar-refractivity contribution is 5.56. The fourth-order valence-corrected chi connectivity index (χ4v) is 3.57. The molecule has 1 aromatic carbocycles. The Kier molecular flexibility index (Phi) is 3.99. The number of hydrogen-bond acceptors (Lipinski definition) is 3. The van der Waals surface area contributed by atoms with Gasteiger partial charge < -0.3 is 14.7 Å². The molecule has 3 heteroatoms. The molecular weight excluding hydrogens is 250 g/mol. The molecule has 2 aliphatic heterocycles. The zero-order valence-corrected chi connectivity index (χ0v) is 12.3. The van der Waals surface area contributed by atoms with Gasteiger partial charge >= 0.3 is 0 Å². The lowest BCUT2D eigenvalue weighted by molar-refractivity contribution is -0.0344. The van der Waals surface area contributed by atoms with Crippen LogP contribution in [-0.4, -0.2) is 37.5 Å². The summed E-state index contributed by atoms with van der Waals surface area (Å²) in [4.78, 5) is 2.49. The van der Waals surface area contributed by atoms with Crippen molar-refractivity contribution in [2.75, 3.05) is 31.3 Å². The molecule has 3 nitrogen and oxygen atoms in total. The quantitative estimate of drug-likeness (QED) is 0.920. The molecule has 2 heterocycles. The van der Waals surface area contributed by atoms with Crippen LogP contribution in [0.4, 0.5) is 5.69 Å². The number of nitrogens with zero attached hydrogens (tertiary/aromatic N) is 1. The van der Waals surface area contributed by atoms with E-state index in [4.69, 9.17) is 4.74 Å². The van der Waals surface area contributed by atoms with Crippen LogP contribution < -0.4 is 4.90 Å². The van der Waals surface area contributed by atoms with Crippen molar-refractivity contribution in [2.24, 2.45) is 5.41 Å². The predicted molar refractivity (Wildman–Crippen MR) is 81.1 cm³/mol. The first kappa shape index (κ1) is 13.9. The van der Waals surface area contributed by atoms with Gasteiger partial charge in [0.2, 0.25) is 0 Å². The number of hydrogen-bond donors (Lipinski definition) is 1. The molecule has 0 aromatic heterocycles. The molecule has 20 heavy (non-hydrogen) atoms. The molecule has 3 rings (SSSR count). The summed E-state index contributed by atoms with van der Waals surface area (Å²) in [7, 11) is 0. The first-order valence-electron chi connectivity index (χ1n) is 7.77. The number of para-hydroxylation sites is 1. The highest BCUT2D eigenvalue weighted by atomic mass is 16.5. The number of aryl methyl sites for hydroxylation is 1. The second-order valence-electron chi connectivity index (χ2n) is 6.46. The third-order valence-electron chi connectivity index (χ3n) is 4.91. The highest BCUT2D eigenvalue weighted by Crippen LogP contribution is 2.36. The maximum atomic E-state index is 9.90. The van der Waals surface area contributed by atoms with Crippen LogP contribution in [0.3, 0.4) is 0 Å². The van der Waals surface area contributed by atoms with E-state index >= 15 is 0 Å². The van der Waals surface area contributed by atoms with Crippen LogP contribution >= 0.6 is 0 Å². The van der Waals surface area contributed by atoms with E-state index in [1.54, 1.807) is 0 Å². The molecule has 2 aliphatic rings. The van der Waals surface area contributed by atoms with Gasteiger partial charge in [0, 0.05) is 30.3 Å². The molecule has 0 bridgehead atoms. The zero-order chi connectivity index (χ0) is 14.0. The number of rotatable bonds is 3. The summed E-state index contributed by atoms with van der Waals surface area (Å²) in [5, 5.41) is 9.90. The summed E-state index contributed by atoms with van der Waals surface area (Å²) >= 11 is 0. The third-order valence-corrected chi connectivity index (χ3v) is 4.91. The van der Waals surface area contributed by atoms with E-state index in [-0.39, 0.29) is 12.0 Å². The molecule has 0 aliphatic carbocycles. The van der Waals surface area contributed by atoms with E-state index < -0.39 is 0 Å². The van der Waals surface area contributed by atoms with Crippen molar-refractivity contribution >= 4 is 5.69 Å². The Hall–Kier alpha value is -1.06. The van der Waals surface area contributed by atoms with Crippen molar-refractivity contribution in [3.05, 3.63) is 29.8 Å². The molecule has 0 radical (unpaired) electrons. The number of fused-ring (bicyclic) bond motifs is 1. The van der Waals surface area contributed by atoms with E-state index in [9.17, 15) is 5.11 Å². The summed E-state index contributed by atoms with van der Waals surface area (Å²) in [6.45, 7) is 4.95. The molecule has 0 spiro atoms. The van der Waals surface area contributed by atoms with Crippen LogP contribution in [0.15, 0.2) is 24.3 Å². The molecule has 0 saturated carbocycles. The zero-order valence-electron chi connectivity index (χ0n) is 12.3. The van der Waals surface area contributed by atoms with Crippen LogP contribution in [-0.2, 0) is 11.2 Å². The second kappa shape index (κ2) is 5.74. The Morgan fingerprint density at radius 2 is 2.25 bits per heavy atom. The Bertz CT molecular complexity index is 454. The lowest BCUT2D eigenvalue weighted by Gasteiger charge is -2.45. The molecule has 1 saturated heterocycles. The van der Waals surface area contributed by atoms with Crippen LogP contribution in [0.1, 0.15) is 31.7 Å². The lowest BCUT2D eigenvalue weighted by atomic mass is 9.81. The summed E-state index contributed by atoms with van der Waals surface area (Å²) in [6.07, 6.45) is 4.48. The average Bonchev–Trinajstić information content (AvgIpc) is 2.51. The van der Waals surface area contributed by atoms with Gasteiger partial charge in [-0.2, -0.15) is 0 Å². The molecule has 0 amide bonds. The van der Waals surface area contributed by atoms with Crippen molar-refractivity contribution in [2.45, 2.75) is 38.6 Å². The molecule has 1 aromatic rings. The first-order chi connectivity index (χ1) is 9.74. The minimum Gasteiger partial charge on any atom is -0.396 e. The fourth-order valence-electron chi connectivity index (χ4n) is 3.57. The van der Waals surface area contributed by atoms with Crippen LogP contribution in [0.25, 0.3) is 0 Å². The van der Waals surface area contributed by atoms with Crippen molar-refractivity contribution in [1.82, 2.24) is 0 Å². The normalized spacial score (nSPS) is 30.1. The Labute approximate surface area is 121 Å². The van der Waals surface area contributed by atoms with Crippen LogP contribution in [0.5, 0.6) is 0 Å². The number of aliphatic hydroxyl groups is 1. The molecule has 2 unspecified atom stereocenters. The fraction of sp³-hybridized carbons (Fsp3) is 0.647. The van der Waals surface area contributed by atoms with Gasteiger partial charge in [-0.3, -0.25) is 0 Å². The SMILES string of the molecule is CC1CCc2ccccc2N1CC1(CO)CCCOC1. The molecule has 110 valence electrons. The second-order valence-corrected chi connectivity index (χ2v) is 6.46. The van der Waals surface area contributed by atoms with Gasteiger partial charge in [-0.25, -0.2) is 0 Å². The standard InChI is InChI=1S/C17H25NO2/c1-14-7-8-15-5-2-3-6-16(15)18(14)11-17(12-19)9-4-10-20-13-17/h2-3,5-6,14,19H,4,7-13H2,1H3. The van der Waals surface area contributed by atoms with E-state index in [0.717, 1.165) is 32.4 Å². The molecule has 1 fully saturated rings. The maximum absolute atomic E-state index is 9.90. The molecular formula is C17H25NO2. The van der Waals surface area contributed by atoms with Gasteiger partial charge in [0.15, 0.2) is 0 Å². The van der Waals surface area contributed by atoms with Gasteiger partial charge in [0.25, 0.3) is 0 Å². The highest BCUT2D eigenvalue weighted by Gasteiger charge is 2.37. The number of aliphatic hydroxyl groups excluding tert-OH is 1. The van der Waals surface area contributed by atoms with Gasteiger partial charge in [0.1, 0.15) is 0 Å². The van der Waals surface area contributed by atoms with Gasteiger partial charge in [-0.1, -0.05) is 18.2 Å². The van der Waals surface area contributed by atoms with Gasteiger partial charge in [0.05, 0.1) is 13.2 Å². The maximum Gasteiger partial charge on any atom is 0.0561 e. The average molecular weight is 275 g/mol. The first-order valence-corrected chi connectivity index (χ1v) is 7.77. The van der Waals surface area contributed by atoms with Gasteiger partial charge in [-0.15, -0.1) is 0 Å². The van der Waals surface area contributed by atoms with Crippen molar-refractivity contribution in [1.29, 1.82) is 0 Å². The minimum atomic E-state index is -0.0863. The number of benzene rings is 1. The summed E-state index contributed by atoms with van der Waals surface area (Å²) in [6, 6.07) is 9.23. The van der Waals surface area contributed by atoms with E-state index in [1.165, 1.54) is 17.7 Å². The Balaban J connectivity index is 1.85. The van der Waals surface area contributed by atoms with Crippen molar-refractivity contribution in [3.8, 4) is 0 Å². The lowest BCUT2D eigenvalue weighted by Crippen LogP contribution is -2.50. The molecule has 2 atom stereocenters. The monoisotopic (exact) mass is 275 g/mol. The van der Waals surface area contributed by atoms with E-state index in [2.05, 4.69) is 36.1 Å². The largest absolute Gasteiger partial charge is 0.396 e. The van der Waals surface area contributed by atoms with Crippen LogP contribution in [0, 0.1) is 5.41 Å². The predicted octanol–water partition coefficient (Wildman–Crippen LogP) is 2.62. The summed E-state index contributed by atoms with van der Waals surface area (Å²) < 4.78 is 5.65. The van der Waals surface area contributed by atoms with E-state index in [1.807, 2.05) is 0 Å². The molecule has 1 N–H and O–H groups in total.